The molecular weight excluding hydrogens is 444 g/mol. The molecule has 0 aliphatic carbocycles. The Labute approximate surface area is 196 Å². The summed E-state index contributed by atoms with van der Waals surface area (Å²) < 4.78 is 8.33. The fourth-order valence-corrected chi connectivity index (χ4v) is 4.43. The van der Waals surface area contributed by atoms with E-state index >= 15 is 0 Å². The summed E-state index contributed by atoms with van der Waals surface area (Å²) in [7, 11) is 3.44. The zero-order chi connectivity index (χ0) is 23.7. The molecule has 1 saturated heterocycles. The summed E-state index contributed by atoms with van der Waals surface area (Å²) in [5.74, 6) is -0.554. The van der Waals surface area contributed by atoms with Gasteiger partial charge in [-0.25, -0.2) is 4.79 Å². The molecule has 174 valence electrons. The Bertz CT molecular complexity index is 1250. The van der Waals surface area contributed by atoms with Crippen LogP contribution in [0.2, 0.25) is 5.02 Å². The number of hydrogen-bond donors (Lipinski definition) is 1. The monoisotopic (exact) mass is 470 g/mol. The number of ether oxygens (including phenoxy) is 1. The van der Waals surface area contributed by atoms with Gasteiger partial charge in [-0.3, -0.25) is 18.7 Å². The van der Waals surface area contributed by atoms with E-state index in [1.807, 2.05) is 19.1 Å². The number of aromatic nitrogens is 2. The van der Waals surface area contributed by atoms with E-state index in [-0.39, 0.29) is 23.5 Å². The standard InChI is InChI=1S/C24H27ClN4O4/c1-4-33-23(31)16-9-11-29(12-10-16)19-14-21-20(27(2)24(32)28(21)3)13-18(19)26-22(30)15-5-7-17(25)8-6-15/h5-8,13-14,16H,4,9-12H2,1-3H3,(H,26,30). The number of nitrogens with zero attached hydrogens (tertiary/aromatic N) is 3. The van der Waals surface area contributed by atoms with E-state index in [1.54, 1.807) is 47.5 Å². The molecule has 0 unspecified atom stereocenters. The van der Waals surface area contributed by atoms with Crippen LogP contribution in [0.5, 0.6) is 0 Å². The van der Waals surface area contributed by atoms with Crippen molar-refractivity contribution in [3.05, 3.63) is 57.5 Å². The van der Waals surface area contributed by atoms with Gasteiger partial charge >= 0.3 is 11.7 Å². The SMILES string of the molecule is CCOC(=O)C1CCN(c2cc3c(cc2NC(=O)c2ccc(Cl)cc2)n(C)c(=O)n3C)CC1. The number of carbonyl (C=O) groups is 2. The average Bonchev–Trinajstić information content (AvgIpc) is 3.02. The minimum absolute atomic E-state index is 0.127. The summed E-state index contributed by atoms with van der Waals surface area (Å²) in [5, 5.41) is 3.56. The van der Waals surface area contributed by atoms with E-state index in [0.717, 1.165) is 16.7 Å². The first kappa shape index (κ1) is 22.9. The normalized spacial score (nSPS) is 14.5. The molecular formula is C24H27ClN4O4. The lowest BCUT2D eigenvalue weighted by atomic mass is 9.96. The molecule has 1 fully saturated rings. The lowest BCUT2D eigenvalue weighted by molar-refractivity contribution is -0.148. The van der Waals surface area contributed by atoms with Gasteiger partial charge in [0.05, 0.1) is 34.9 Å². The van der Waals surface area contributed by atoms with Crippen LogP contribution in [0, 0.1) is 5.92 Å². The number of piperidine rings is 1. The predicted molar refractivity (Wildman–Crippen MR) is 129 cm³/mol. The van der Waals surface area contributed by atoms with Gasteiger partial charge in [0.2, 0.25) is 0 Å². The van der Waals surface area contributed by atoms with Gasteiger partial charge in [-0.15, -0.1) is 0 Å². The van der Waals surface area contributed by atoms with Crippen molar-refractivity contribution in [2.24, 2.45) is 20.0 Å². The van der Waals surface area contributed by atoms with Crippen molar-refractivity contribution in [2.45, 2.75) is 19.8 Å². The molecule has 2 heterocycles. The van der Waals surface area contributed by atoms with Gasteiger partial charge in [0.1, 0.15) is 0 Å². The second kappa shape index (κ2) is 9.31. The molecule has 0 saturated carbocycles. The number of hydrogen-bond acceptors (Lipinski definition) is 5. The van der Waals surface area contributed by atoms with Gasteiger partial charge in [0.15, 0.2) is 0 Å². The van der Waals surface area contributed by atoms with Crippen LogP contribution in [0.3, 0.4) is 0 Å². The number of nitrogens with one attached hydrogen (secondary N) is 1. The summed E-state index contributed by atoms with van der Waals surface area (Å²) in [6.45, 7) is 3.46. The molecule has 1 aliphatic heterocycles. The smallest absolute Gasteiger partial charge is 0.328 e. The number of halogens is 1. The molecule has 1 aromatic heterocycles. The van der Waals surface area contributed by atoms with E-state index in [1.165, 1.54) is 0 Å². The van der Waals surface area contributed by atoms with E-state index < -0.39 is 0 Å². The van der Waals surface area contributed by atoms with Crippen LogP contribution in [-0.4, -0.2) is 40.7 Å². The van der Waals surface area contributed by atoms with Crippen LogP contribution in [0.1, 0.15) is 30.1 Å². The Morgan fingerprint density at radius 3 is 2.27 bits per heavy atom. The highest BCUT2D eigenvalue weighted by molar-refractivity contribution is 6.30. The largest absolute Gasteiger partial charge is 0.466 e. The molecule has 1 amide bonds. The quantitative estimate of drug-likeness (QED) is 0.576. The number of anilines is 2. The Morgan fingerprint density at radius 1 is 1.06 bits per heavy atom. The van der Waals surface area contributed by atoms with Crippen molar-refractivity contribution in [2.75, 3.05) is 29.9 Å². The fraction of sp³-hybridized carbons (Fsp3) is 0.375. The van der Waals surface area contributed by atoms with Crippen molar-refractivity contribution < 1.29 is 14.3 Å². The van der Waals surface area contributed by atoms with Gasteiger partial charge in [-0.1, -0.05) is 11.6 Å². The number of carbonyl (C=O) groups excluding carboxylic acids is 2. The first-order valence-electron chi connectivity index (χ1n) is 11.0. The van der Waals surface area contributed by atoms with Crippen LogP contribution in [0.4, 0.5) is 11.4 Å². The highest BCUT2D eigenvalue weighted by Crippen LogP contribution is 2.34. The van der Waals surface area contributed by atoms with Gasteiger partial charge in [-0.2, -0.15) is 0 Å². The van der Waals surface area contributed by atoms with Gasteiger partial charge in [0, 0.05) is 37.8 Å². The van der Waals surface area contributed by atoms with Crippen LogP contribution in [0.15, 0.2) is 41.2 Å². The number of imidazole rings is 1. The highest BCUT2D eigenvalue weighted by atomic mass is 35.5. The number of esters is 1. The third-order valence-electron chi connectivity index (χ3n) is 6.20. The zero-order valence-corrected chi connectivity index (χ0v) is 19.7. The molecule has 0 bridgehead atoms. The topological polar surface area (TPSA) is 85.6 Å². The van der Waals surface area contributed by atoms with Crippen LogP contribution in [-0.2, 0) is 23.6 Å². The molecule has 3 aromatic rings. The van der Waals surface area contributed by atoms with Crippen molar-refractivity contribution in [1.82, 2.24) is 9.13 Å². The molecule has 2 aromatic carbocycles. The number of aryl methyl sites for hydroxylation is 2. The number of amides is 1. The third-order valence-corrected chi connectivity index (χ3v) is 6.45. The Morgan fingerprint density at radius 2 is 1.67 bits per heavy atom. The Hall–Kier alpha value is -3.26. The van der Waals surface area contributed by atoms with Gasteiger partial charge in [-0.05, 0) is 56.2 Å². The molecule has 8 nitrogen and oxygen atoms in total. The minimum atomic E-state index is -0.269. The molecule has 33 heavy (non-hydrogen) atoms. The zero-order valence-electron chi connectivity index (χ0n) is 18.9. The maximum Gasteiger partial charge on any atom is 0.328 e. The highest BCUT2D eigenvalue weighted by Gasteiger charge is 2.28. The van der Waals surface area contributed by atoms with E-state index in [0.29, 0.717) is 48.8 Å². The lowest BCUT2D eigenvalue weighted by Gasteiger charge is -2.34. The predicted octanol–water partition coefficient (Wildman–Crippen LogP) is 3.56. The van der Waals surface area contributed by atoms with Crippen molar-refractivity contribution in [3.63, 3.8) is 0 Å². The molecule has 0 spiro atoms. The molecule has 1 aliphatic rings. The van der Waals surface area contributed by atoms with Crippen molar-refractivity contribution in [3.8, 4) is 0 Å². The summed E-state index contributed by atoms with van der Waals surface area (Å²) in [4.78, 5) is 39.8. The van der Waals surface area contributed by atoms with Crippen LogP contribution in [0.25, 0.3) is 11.0 Å². The van der Waals surface area contributed by atoms with Crippen molar-refractivity contribution in [1.29, 1.82) is 0 Å². The molecule has 4 rings (SSSR count). The first-order valence-corrected chi connectivity index (χ1v) is 11.4. The van der Waals surface area contributed by atoms with Crippen LogP contribution >= 0.6 is 11.6 Å². The van der Waals surface area contributed by atoms with Gasteiger partial charge in [0.25, 0.3) is 5.91 Å². The second-order valence-electron chi connectivity index (χ2n) is 8.23. The number of benzene rings is 2. The number of fused-ring (bicyclic) bond motifs is 1. The lowest BCUT2D eigenvalue weighted by Crippen LogP contribution is -2.37. The maximum atomic E-state index is 13.0. The summed E-state index contributed by atoms with van der Waals surface area (Å²) in [6, 6.07) is 10.4. The molecule has 0 atom stereocenters. The van der Waals surface area contributed by atoms with E-state index in [4.69, 9.17) is 16.3 Å². The Balaban J connectivity index is 1.69. The minimum Gasteiger partial charge on any atom is -0.466 e. The van der Waals surface area contributed by atoms with Crippen molar-refractivity contribution >= 4 is 45.9 Å². The third kappa shape index (κ3) is 4.48. The summed E-state index contributed by atoms with van der Waals surface area (Å²) >= 11 is 5.95. The Kier molecular flexibility index (Phi) is 6.47. The number of rotatable bonds is 5. The molecule has 0 radical (unpaired) electrons. The molecule has 9 heteroatoms. The average molecular weight is 471 g/mol. The van der Waals surface area contributed by atoms with Gasteiger partial charge < -0.3 is 15.0 Å². The van der Waals surface area contributed by atoms with E-state index in [2.05, 4.69) is 10.2 Å². The van der Waals surface area contributed by atoms with E-state index in [9.17, 15) is 14.4 Å². The summed E-state index contributed by atoms with van der Waals surface area (Å²) in [6.07, 6.45) is 1.32. The fourth-order valence-electron chi connectivity index (χ4n) is 4.31. The summed E-state index contributed by atoms with van der Waals surface area (Å²) in [5.41, 5.74) is 3.26. The maximum absolute atomic E-state index is 13.0. The second-order valence-corrected chi connectivity index (χ2v) is 8.67. The first-order chi connectivity index (χ1) is 15.8. The molecule has 1 N–H and O–H groups in total. The van der Waals surface area contributed by atoms with Crippen LogP contribution < -0.4 is 15.9 Å².